The van der Waals surface area contributed by atoms with Crippen molar-refractivity contribution < 1.29 is 4.42 Å². The first-order valence-corrected chi connectivity index (χ1v) is 10.0. The lowest BCUT2D eigenvalue weighted by molar-refractivity contribution is 0.152. The molecule has 0 spiro atoms. The van der Waals surface area contributed by atoms with Gasteiger partial charge in [0.05, 0.1) is 12.8 Å². The molecular weight excluding hydrogens is 330 g/mol. The highest BCUT2D eigenvalue weighted by Gasteiger charge is 2.38. The first kappa shape index (κ1) is 18.7. The summed E-state index contributed by atoms with van der Waals surface area (Å²) in [6.07, 6.45) is 8.96. The van der Waals surface area contributed by atoms with Gasteiger partial charge in [-0.25, -0.2) is 0 Å². The molecule has 4 nitrogen and oxygen atoms in total. The number of piperidine rings is 1. The van der Waals surface area contributed by atoms with Crippen molar-refractivity contribution in [3.63, 3.8) is 0 Å². The van der Waals surface area contributed by atoms with Crippen molar-refractivity contribution in [2.24, 2.45) is 0 Å². The lowest BCUT2D eigenvalue weighted by Gasteiger charge is -2.47. The molecule has 5 heteroatoms. The van der Waals surface area contributed by atoms with Gasteiger partial charge in [-0.15, -0.1) is 0 Å². The van der Waals surface area contributed by atoms with E-state index in [1.165, 1.54) is 25.7 Å². The minimum Gasteiger partial charge on any atom is -0.467 e. The van der Waals surface area contributed by atoms with Gasteiger partial charge in [-0.05, 0) is 77.7 Å². The molecule has 0 bridgehead atoms. The molecule has 1 aliphatic carbocycles. The van der Waals surface area contributed by atoms with E-state index in [1.54, 1.807) is 6.26 Å². The first-order chi connectivity index (χ1) is 11.7. The van der Waals surface area contributed by atoms with Crippen LogP contribution < -0.4 is 10.6 Å². The molecule has 2 heterocycles. The Labute approximate surface area is 157 Å². The number of nitrogens with zero attached hydrogens (tertiary/aromatic N) is 1. The molecule has 1 aliphatic heterocycles. The van der Waals surface area contributed by atoms with E-state index in [4.69, 9.17) is 16.6 Å². The van der Waals surface area contributed by atoms with Crippen molar-refractivity contribution in [2.75, 3.05) is 0 Å². The smallest absolute Gasteiger partial charge is 0.169 e. The van der Waals surface area contributed by atoms with E-state index >= 15 is 0 Å². The summed E-state index contributed by atoms with van der Waals surface area (Å²) in [6.45, 7) is 9.89. The number of nitrogens with one attached hydrogen (secondary N) is 2. The quantitative estimate of drug-likeness (QED) is 0.784. The van der Waals surface area contributed by atoms with E-state index < -0.39 is 0 Å². The molecule has 2 N–H and O–H groups in total. The Morgan fingerprint density at radius 2 is 1.88 bits per heavy atom. The van der Waals surface area contributed by atoms with E-state index in [1.807, 2.05) is 12.1 Å². The van der Waals surface area contributed by atoms with Crippen LogP contribution in [0.1, 0.15) is 72.0 Å². The second-order valence-corrected chi connectivity index (χ2v) is 9.48. The molecule has 0 atom stereocenters. The van der Waals surface area contributed by atoms with Gasteiger partial charge in [-0.2, -0.15) is 0 Å². The third-order valence-corrected chi connectivity index (χ3v) is 5.80. The molecule has 140 valence electrons. The molecule has 1 aromatic rings. The van der Waals surface area contributed by atoms with Gasteiger partial charge in [0.1, 0.15) is 5.76 Å². The molecule has 1 saturated heterocycles. The second kappa shape index (κ2) is 7.28. The highest BCUT2D eigenvalue weighted by molar-refractivity contribution is 7.80. The second-order valence-electron chi connectivity index (χ2n) is 9.09. The highest BCUT2D eigenvalue weighted by atomic mass is 32.1. The van der Waals surface area contributed by atoms with Gasteiger partial charge in [0.2, 0.25) is 0 Å². The molecule has 0 amide bonds. The van der Waals surface area contributed by atoms with Gasteiger partial charge < -0.3 is 20.0 Å². The van der Waals surface area contributed by atoms with Crippen molar-refractivity contribution in [1.82, 2.24) is 15.5 Å². The SMILES string of the molecule is CC1(C)CC(NC(=S)N(Cc2ccco2)C2CCCC2)CC(C)(C)N1. The van der Waals surface area contributed by atoms with Crippen molar-refractivity contribution in [1.29, 1.82) is 0 Å². The topological polar surface area (TPSA) is 40.4 Å². The van der Waals surface area contributed by atoms with Gasteiger partial charge in [-0.3, -0.25) is 0 Å². The lowest BCUT2D eigenvalue weighted by Crippen LogP contribution is -2.63. The zero-order valence-electron chi connectivity index (χ0n) is 16.1. The molecule has 25 heavy (non-hydrogen) atoms. The first-order valence-electron chi connectivity index (χ1n) is 9.63. The number of rotatable bonds is 4. The predicted molar refractivity (Wildman–Crippen MR) is 107 cm³/mol. The number of furan rings is 1. The summed E-state index contributed by atoms with van der Waals surface area (Å²) in [5.41, 5.74) is 0.239. The van der Waals surface area contributed by atoms with Crippen LogP contribution in [0, 0.1) is 0 Å². The zero-order valence-corrected chi connectivity index (χ0v) is 16.9. The lowest BCUT2D eigenvalue weighted by atomic mass is 9.80. The van der Waals surface area contributed by atoms with Crippen molar-refractivity contribution in [3.05, 3.63) is 24.2 Å². The summed E-state index contributed by atoms with van der Waals surface area (Å²) >= 11 is 5.87. The normalized spacial score (nSPS) is 23.5. The zero-order chi connectivity index (χ0) is 18.1. The largest absolute Gasteiger partial charge is 0.467 e. The van der Waals surface area contributed by atoms with Crippen molar-refractivity contribution >= 4 is 17.3 Å². The van der Waals surface area contributed by atoms with Crippen LogP contribution in [-0.2, 0) is 6.54 Å². The summed E-state index contributed by atoms with van der Waals surface area (Å²) in [5, 5.41) is 8.33. The van der Waals surface area contributed by atoms with Gasteiger partial charge >= 0.3 is 0 Å². The van der Waals surface area contributed by atoms with Crippen molar-refractivity contribution in [2.45, 2.75) is 95.9 Å². The molecule has 0 radical (unpaired) electrons. The molecule has 2 fully saturated rings. The Morgan fingerprint density at radius 1 is 1.24 bits per heavy atom. The van der Waals surface area contributed by atoms with Gasteiger partial charge in [0.15, 0.2) is 5.11 Å². The predicted octanol–water partition coefficient (Wildman–Crippen LogP) is 4.21. The number of thiocarbonyl (C=S) groups is 1. The van der Waals surface area contributed by atoms with Gasteiger partial charge in [0.25, 0.3) is 0 Å². The average Bonchev–Trinajstić information content (AvgIpc) is 3.14. The summed E-state index contributed by atoms with van der Waals surface area (Å²) in [5.74, 6) is 0.988. The fourth-order valence-corrected chi connectivity index (χ4v) is 5.22. The minimum absolute atomic E-state index is 0.119. The van der Waals surface area contributed by atoms with Crippen LogP contribution in [0.2, 0.25) is 0 Å². The van der Waals surface area contributed by atoms with Gasteiger partial charge in [-0.1, -0.05) is 12.8 Å². The van der Waals surface area contributed by atoms with E-state index in [0.29, 0.717) is 12.1 Å². The van der Waals surface area contributed by atoms with Crippen LogP contribution in [0.4, 0.5) is 0 Å². The maximum Gasteiger partial charge on any atom is 0.169 e. The van der Waals surface area contributed by atoms with Crippen LogP contribution in [0.25, 0.3) is 0 Å². The molecule has 3 rings (SSSR count). The summed E-state index contributed by atoms with van der Waals surface area (Å²) < 4.78 is 5.59. The summed E-state index contributed by atoms with van der Waals surface area (Å²) in [4.78, 5) is 2.36. The molecule has 2 aliphatic rings. The standard InChI is InChI=1S/C20H33N3OS/c1-19(2)12-15(13-20(3,4)22-19)21-18(25)23(16-8-5-6-9-16)14-17-10-7-11-24-17/h7,10-11,15-16,22H,5-6,8-9,12-14H2,1-4H3,(H,21,25). The van der Waals surface area contributed by atoms with Crippen LogP contribution in [-0.4, -0.2) is 33.2 Å². The summed E-state index contributed by atoms with van der Waals surface area (Å²) in [7, 11) is 0. The highest BCUT2D eigenvalue weighted by Crippen LogP contribution is 2.30. The van der Waals surface area contributed by atoms with E-state index in [9.17, 15) is 0 Å². The van der Waals surface area contributed by atoms with Crippen LogP contribution >= 0.6 is 12.2 Å². The maximum atomic E-state index is 5.87. The monoisotopic (exact) mass is 363 g/mol. The third kappa shape index (κ3) is 4.98. The Hall–Kier alpha value is -1.07. The average molecular weight is 364 g/mol. The molecule has 0 unspecified atom stereocenters. The Morgan fingerprint density at radius 3 is 2.44 bits per heavy atom. The van der Waals surface area contributed by atoms with E-state index in [-0.39, 0.29) is 11.1 Å². The van der Waals surface area contributed by atoms with Gasteiger partial charge in [0, 0.05) is 23.2 Å². The Kier molecular flexibility index (Phi) is 5.45. The van der Waals surface area contributed by atoms with E-state index in [2.05, 4.69) is 43.2 Å². The van der Waals surface area contributed by atoms with E-state index in [0.717, 1.165) is 30.3 Å². The Balaban J connectivity index is 1.69. The number of hydrogen-bond donors (Lipinski definition) is 2. The molecular formula is C20H33N3OS. The molecule has 0 aromatic carbocycles. The van der Waals surface area contributed by atoms with Crippen LogP contribution in [0.5, 0.6) is 0 Å². The van der Waals surface area contributed by atoms with Crippen molar-refractivity contribution in [3.8, 4) is 0 Å². The Bertz CT molecular complexity index is 560. The van der Waals surface area contributed by atoms with Crippen LogP contribution in [0.3, 0.4) is 0 Å². The fourth-order valence-electron chi connectivity index (χ4n) is 4.83. The maximum absolute atomic E-state index is 5.87. The number of hydrogen-bond acceptors (Lipinski definition) is 3. The third-order valence-electron chi connectivity index (χ3n) is 5.45. The van der Waals surface area contributed by atoms with Crippen LogP contribution in [0.15, 0.2) is 22.8 Å². The minimum atomic E-state index is 0.119. The molecule has 1 saturated carbocycles. The molecule has 1 aromatic heterocycles. The fraction of sp³-hybridized carbons (Fsp3) is 0.750. The summed E-state index contributed by atoms with van der Waals surface area (Å²) in [6, 6.07) is 4.93.